The van der Waals surface area contributed by atoms with Crippen LogP contribution >= 0.6 is 11.8 Å². The molecule has 4 aromatic rings. The van der Waals surface area contributed by atoms with Crippen LogP contribution in [-0.4, -0.2) is 31.8 Å². The number of thioether (sulfide) groups is 1. The number of hydrogen-bond acceptors (Lipinski definition) is 5. The number of fused-ring (bicyclic) bond motifs is 1. The van der Waals surface area contributed by atoms with Gasteiger partial charge in [-0.05, 0) is 46.7 Å². The van der Waals surface area contributed by atoms with Gasteiger partial charge in [-0.15, -0.1) is 11.8 Å². The first-order chi connectivity index (χ1) is 17.1. The van der Waals surface area contributed by atoms with E-state index in [9.17, 15) is 9.59 Å². The maximum atomic E-state index is 13.0. The number of amides is 2. The molecule has 1 unspecified atom stereocenters. The van der Waals surface area contributed by atoms with E-state index in [0.717, 1.165) is 16.3 Å². The van der Waals surface area contributed by atoms with Gasteiger partial charge >= 0.3 is 0 Å². The Kier molecular flexibility index (Phi) is 6.33. The molecule has 35 heavy (non-hydrogen) atoms. The van der Waals surface area contributed by atoms with Crippen molar-refractivity contribution >= 4 is 45.7 Å². The summed E-state index contributed by atoms with van der Waals surface area (Å²) < 4.78 is 10.8. The van der Waals surface area contributed by atoms with Gasteiger partial charge < -0.3 is 14.8 Å². The van der Waals surface area contributed by atoms with Crippen molar-refractivity contribution in [3.05, 3.63) is 96.1 Å². The van der Waals surface area contributed by atoms with Crippen molar-refractivity contribution in [2.45, 2.75) is 5.37 Å². The molecule has 6 nitrogen and oxygen atoms in total. The molecule has 0 spiro atoms. The van der Waals surface area contributed by atoms with Crippen molar-refractivity contribution in [2.75, 3.05) is 30.2 Å². The Balaban J connectivity index is 1.38. The number of anilines is 2. The topological polar surface area (TPSA) is 67.9 Å². The van der Waals surface area contributed by atoms with Gasteiger partial charge in [-0.1, -0.05) is 48.5 Å². The number of ether oxygens (including phenoxy) is 2. The Bertz CT molecular complexity index is 1400. The molecule has 1 aliphatic rings. The summed E-state index contributed by atoms with van der Waals surface area (Å²) in [5, 5.41) is 4.72. The van der Waals surface area contributed by atoms with E-state index >= 15 is 0 Å². The standard InChI is InChI=1S/C28H24N2O4S/c1-33-21-14-15-24(25(16-21)34-2)30-26(31)17-35-28(30)19-10-12-20(13-11-19)29-27(32)23-9-5-7-18-6-3-4-8-22(18)23/h3-16,28H,17H2,1-2H3,(H,29,32). The predicted octanol–water partition coefficient (Wildman–Crippen LogP) is 5.89. The summed E-state index contributed by atoms with van der Waals surface area (Å²) in [5.74, 6) is 1.46. The molecule has 1 fully saturated rings. The lowest BCUT2D eigenvalue weighted by molar-refractivity contribution is -0.115. The maximum absolute atomic E-state index is 13.0. The van der Waals surface area contributed by atoms with Gasteiger partial charge in [0.2, 0.25) is 5.91 Å². The van der Waals surface area contributed by atoms with Crippen molar-refractivity contribution < 1.29 is 19.1 Å². The lowest BCUT2D eigenvalue weighted by Gasteiger charge is -2.26. The van der Waals surface area contributed by atoms with E-state index in [0.29, 0.717) is 34.2 Å². The summed E-state index contributed by atoms with van der Waals surface area (Å²) in [6, 6.07) is 26.6. The average Bonchev–Trinajstić information content (AvgIpc) is 3.29. The Morgan fingerprint density at radius 1 is 0.943 bits per heavy atom. The van der Waals surface area contributed by atoms with Crippen LogP contribution in [0.4, 0.5) is 11.4 Å². The second-order valence-corrected chi connectivity index (χ2v) is 9.14. The summed E-state index contributed by atoms with van der Waals surface area (Å²) in [4.78, 5) is 27.6. The van der Waals surface area contributed by atoms with Crippen LogP contribution < -0.4 is 19.7 Å². The van der Waals surface area contributed by atoms with Gasteiger partial charge in [-0.25, -0.2) is 0 Å². The van der Waals surface area contributed by atoms with E-state index < -0.39 is 0 Å². The van der Waals surface area contributed by atoms with Crippen LogP contribution in [0.5, 0.6) is 11.5 Å². The molecule has 1 aliphatic heterocycles. The number of carbonyl (C=O) groups is 2. The molecule has 0 saturated carbocycles. The first kappa shape index (κ1) is 22.8. The fraction of sp³-hybridized carbons (Fsp3) is 0.143. The third kappa shape index (κ3) is 4.42. The minimum atomic E-state index is -0.201. The van der Waals surface area contributed by atoms with Gasteiger partial charge in [0.25, 0.3) is 5.91 Å². The maximum Gasteiger partial charge on any atom is 0.256 e. The fourth-order valence-electron chi connectivity index (χ4n) is 4.27. The number of hydrogen-bond donors (Lipinski definition) is 1. The van der Waals surface area contributed by atoms with E-state index in [4.69, 9.17) is 9.47 Å². The molecule has 0 aliphatic carbocycles. The van der Waals surface area contributed by atoms with Crippen LogP contribution in [0.2, 0.25) is 0 Å². The SMILES string of the molecule is COc1ccc(N2C(=O)CSC2c2ccc(NC(=O)c3cccc4ccccc34)cc2)c(OC)c1. The number of benzene rings is 4. The van der Waals surface area contributed by atoms with E-state index in [1.54, 1.807) is 36.9 Å². The summed E-state index contributed by atoms with van der Waals surface area (Å²) in [5.41, 5.74) is 2.97. The quantitative estimate of drug-likeness (QED) is 0.370. The summed E-state index contributed by atoms with van der Waals surface area (Å²) in [6.07, 6.45) is 0. The van der Waals surface area contributed by atoms with E-state index in [-0.39, 0.29) is 17.2 Å². The van der Waals surface area contributed by atoms with Crippen LogP contribution in [0.1, 0.15) is 21.3 Å². The van der Waals surface area contributed by atoms with Crippen LogP contribution in [0, 0.1) is 0 Å². The molecule has 2 amide bonds. The van der Waals surface area contributed by atoms with E-state index in [2.05, 4.69) is 5.32 Å². The highest BCUT2D eigenvalue weighted by Gasteiger charge is 2.35. The molecule has 7 heteroatoms. The predicted molar refractivity (Wildman–Crippen MR) is 141 cm³/mol. The molecule has 1 N–H and O–H groups in total. The van der Waals surface area contributed by atoms with Crippen LogP contribution in [-0.2, 0) is 4.79 Å². The zero-order chi connectivity index (χ0) is 24.4. The molecule has 0 aromatic heterocycles. The van der Waals surface area contributed by atoms with Gasteiger partial charge in [0.1, 0.15) is 16.9 Å². The number of methoxy groups -OCH3 is 2. The van der Waals surface area contributed by atoms with Gasteiger partial charge in [0.05, 0.1) is 25.7 Å². The second kappa shape index (κ2) is 9.72. The van der Waals surface area contributed by atoms with Crippen molar-refractivity contribution in [2.24, 2.45) is 0 Å². The molecule has 4 aromatic carbocycles. The van der Waals surface area contributed by atoms with Gasteiger partial charge in [0, 0.05) is 17.3 Å². The Morgan fingerprint density at radius 2 is 1.71 bits per heavy atom. The Morgan fingerprint density at radius 3 is 2.49 bits per heavy atom. The zero-order valence-electron chi connectivity index (χ0n) is 19.4. The van der Waals surface area contributed by atoms with E-state index in [1.165, 1.54) is 0 Å². The van der Waals surface area contributed by atoms with Crippen molar-refractivity contribution in [1.82, 2.24) is 0 Å². The van der Waals surface area contributed by atoms with Gasteiger partial charge in [0.15, 0.2) is 0 Å². The normalized spacial score (nSPS) is 15.3. The first-order valence-electron chi connectivity index (χ1n) is 11.1. The number of nitrogens with one attached hydrogen (secondary N) is 1. The Hall–Kier alpha value is -3.97. The molecule has 1 heterocycles. The second-order valence-electron chi connectivity index (χ2n) is 8.07. The molecular formula is C28H24N2O4S. The van der Waals surface area contributed by atoms with Crippen molar-refractivity contribution in [3.8, 4) is 11.5 Å². The minimum absolute atomic E-state index is 0.0109. The van der Waals surface area contributed by atoms with Crippen LogP contribution in [0.15, 0.2) is 84.9 Å². The largest absolute Gasteiger partial charge is 0.497 e. The Labute approximate surface area is 207 Å². The van der Waals surface area contributed by atoms with Crippen molar-refractivity contribution in [1.29, 1.82) is 0 Å². The zero-order valence-corrected chi connectivity index (χ0v) is 20.2. The van der Waals surface area contributed by atoms with Crippen molar-refractivity contribution in [3.63, 3.8) is 0 Å². The molecule has 0 bridgehead atoms. The number of nitrogens with zero attached hydrogens (tertiary/aromatic N) is 1. The lowest BCUT2D eigenvalue weighted by atomic mass is 10.0. The molecular weight excluding hydrogens is 460 g/mol. The van der Waals surface area contributed by atoms with E-state index in [1.807, 2.05) is 78.9 Å². The molecule has 1 saturated heterocycles. The molecule has 0 radical (unpaired) electrons. The fourth-order valence-corrected chi connectivity index (χ4v) is 5.44. The highest BCUT2D eigenvalue weighted by Crippen LogP contribution is 2.45. The third-order valence-corrected chi connectivity index (χ3v) is 7.21. The molecule has 5 rings (SSSR count). The third-order valence-electron chi connectivity index (χ3n) is 6.00. The minimum Gasteiger partial charge on any atom is -0.497 e. The van der Waals surface area contributed by atoms with Crippen LogP contribution in [0.25, 0.3) is 10.8 Å². The summed E-state index contributed by atoms with van der Waals surface area (Å²) in [7, 11) is 3.17. The highest BCUT2D eigenvalue weighted by molar-refractivity contribution is 8.00. The van der Waals surface area contributed by atoms with Crippen LogP contribution in [0.3, 0.4) is 0 Å². The average molecular weight is 485 g/mol. The molecule has 176 valence electrons. The first-order valence-corrected chi connectivity index (χ1v) is 12.2. The highest BCUT2D eigenvalue weighted by atomic mass is 32.2. The summed E-state index contributed by atoms with van der Waals surface area (Å²) in [6.45, 7) is 0. The number of carbonyl (C=O) groups excluding carboxylic acids is 2. The lowest BCUT2D eigenvalue weighted by Crippen LogP contribution is -2.28. The monoisotopic (exact) mass is 484 g/mol. The summed E-state index contributed by atoms with van der Waals surface area (Å²) >= 11 is 1.56. The molecule has 1 atom stereocenters. The van der Waals surface area contributed by atoms with Gasteiger partial charge in [-0.3, -0.25) is 14.5 Å². The van der Waals surface area contributed by atoms with Gasteiger partial charge in [-0.2, -0.15) is 0 Å². The smallest absolute Gasteiger partial charge is 0.256 e. The number of rotatable bonds is 6.